The zero-order valence-electron chi connectivity index (χ0n) is 18.5. The fraction of sp³-hybridized carbons (Fsp3) is 0.947. The molecule has 0 atom stereocenters. The Labute approximate surface area is 194 Å². The second-order valence-corrected chi connectivity index (χ2v) is 10.2. The van der Waals surface area contributed by atoms with E-state index in [1.54, 1.807) is 4.31 Å². The molecule has 0 spiro atoms. The molecule has 0 amide bonds. The van der Waals surface area contributed by atoms with Gasteiger partial charge in [-0.15, -0.1) is 24.0 Å². The van der Waals surface area contributed by atoms with Gasteiger partial charge in [0.05, 0.1) is 18.5 Å². The normalized spacial score (nSPS) is 20.7. The van der Waals surface area contributed by atoms with Crippen LogP contribution in [-0.2, 0) is 14.8 Å². The molecular weight excluding hydrogens is 505 g/mol. The van der Waals surface area contributed by atoms with Crippen LogP contribution in [0.3, 0.4) is 0 Å². The summed E-state index contributed by atoms with van der Waals surface area (Å²) in [6.07, 6.45) is 2.45. The van der Waals surface area contributed by atoms with Gasteiger partial charge >= 0.3 is 0 Å². The SMILES string of the molecule is CCNC(=NCC1CCN(C)CC1)N1CCN(S(=O)(=O)CCOC(C)C)CC1.I. The number of nitrogens with zero attached hydrogens (tertiary/aromatic N) is 4. The van der Waals surface area contributed by atoms with Gasteiger partial charge in [-0.3, -0.25) is 4.99 Å². The third-order valence-corrected chi connectivity index (χ3v) is 7.23. The van der Waals surface area contributed by atoms with Crippen molar-refractivity contribution < 1.29 is 13.2 Å². The Hall–Kier alpha value is -0.170. The molecule has 172 valence electrons. The smallest absolute Gasteiger partial charge is 0.216 e. The van der Waals surface area contributed by atoms with E-state index in [2.05, 4.69) is 29.1 Å². The highest BCUT2D eigenvalue weighted by Crippen LogP contribution is 2.16. The quantitative estimate of drug-likeness (QED) is 0.282. The van der Waals surface area contributed by atoms with Gasteiger partial charge in [0.2, 0.25) is 10.0 Å². The number of nitrogens with one attached hydrogen (secondary N) is 1. The lowest BCUT2D eigenvalue weighted by molar-refractivity contribution is 0.0904. The predicted octanol–water partition coefficient (Wildman–Crippen LogP) is 1.28. The van der Waals surface area contributed by atoms with Crippen LogP contribution < -0.4 is 5.32 Å². The molecule has 0 aromatic carbocycles. The Bertz CT molecular complexity index is 587. The van der Waals surface area contributed by atoms with Crippen molar-refractivity contribution in [1.82, 2.24) is 19.4 Å². The molecule has 1 N–H and O–H groups in total. The van der Waals surface area contributed by atoms with E-state index >= 15 is 0 Å². The van der Waals surface area contributed by atoms with E-state index in [0.717, 1.165) is 32.1 Å². The zero-order valence-corrected chi connectivity index (χ0v) is 21.6. The summed E-state index contributed by atoms with van der Waals surface area (Å²) in [6, 6.07) is 0. The molecule has 0 radical (unpaired) electrons. The van der Waals surface area contributed by atoms with E-state index in [1.807, 2.05) is 13.8 Å². The van der Waals surface area contributed by atoms with Crippen LogP contribution in [0, 0.1) is 5.92 Å². The molecule has 2 aliphatic heterocycles. The average Bonchev–Trinajstić information content (AvgIpc) is 2.66. The molecule has 29 heavy (non-hydrogen) atoms. The summed E-state index contributed by atoms with van der Waals surface area (Å²) in [4.78, 5) is 9.43. The lowest BCUT2D eigenvalue weighted by atomic mass is 9.97. The molecule has 2 heterocycles. The monoisotopic (exact) mass is 545 g/mol. The third kappa shape index (κ3) is 9.24. The highest BCUT2D eigenvalue weighted by molar-refractivity contribution is 14.0. The standard InChI is InChI=1S/C19H39N5O3S.HI/c1-5-20-19(21-16-18-6-8-22(4)9-7-18)23-10-12-24(13-11-23)28(25,26)15-14-27-17(2)3;/h17-18H,5-16H2,1-4H3,(H,20,21);1H. The Kier molecular flexibility index (Phi) is 12.3. The molecule has 0 unspecified atom stereocenters. The number of guanidine groups is 1. The Morgan fingerprint density at radius 1 is 1.14 bits per heavy atom. The lowest BCUT2D eigenvalue weighted by Crippen LogP contribution is -2.54. The first-order valence-corrected chi connectivity index (χ1v) is 12.2. The molecule has 0 saturated carbocycles. The van der Waals surface area contributed by atoms with Gasteiger partial charge in [0, 0.05) is 39.3 Å². The minimum Gasteiger partial charge on any atom is -0.378 e. The maximum atomic E-state index is 12.5. The largest absolute Gasteiger partial charge is 0.378 e. The number of ether oxygens (including phenoxy) is 1. The van der Waals surface area contributed by atoms with Gasteiger partial charge in [0.15, 0.2) is 5.96 Å². The van der Waals surface area contributed by atoms with E-state index in [0.29, 0.717) is 32.1 Å². The number of aliphatic imine (C=N–C) groups is 1. The van der Waals surface area contributed by atoms with E-state index < -0.39 is 10.0 Å². The van der Waals surface area contributed by atoms with Crippen molar-refractivity contribution in [3.8, 4) is 0 Å². The van der Waals surface area contributed by atoms with Crippen LogP contribution in [0.15, 0.2) is 4.99 Å². The molecule has 2 saturated heterocycles. The average molecular weight is 546 g/mol. The molecule has 0 aliphatic carbocycles. The first-order valence-electron chi connectivity index (χ1n) is 10.6. The van der Waals surface area contributed by atoms with Gasteiger partial charge in [-0.2, -0.15) is 4.31 Å². The van der Waals surface area contributed by atoms with Crippen LogP contribution in [-0.4, -0.2) is 106 Å². The molecule has 2 aliphatic rings. The van der Waals surface area contributed by atoms with Crippen molar-refractivity contribution in [2.75, 3.05) is 71.8 Å². The summed E-state index contributed by atoms with van der Waals surface area (Å²) in [6.45, 7) is 12.5. The maximum Gasteiger partial charge on any atom is 0.216 e. The Balaban J connectivity index is 0.00000420. The van der Waals surface area contributed by atoms with Crippen molar-refractivity contribution in [2.45, 2.75) is 39.7 Å². The van der Waals surface area contributed by atoms with Crippen molar-refractivity contribution in [1.29, 1.82) is 0 Å². The van der Waals surface area contributed by atoms with Gasteiger partial charge < -0.3 is 19.9 Å². The number of halogens is 1. The summed E-state index contributed by atoms with van der Waals surface area (Å²) in [5, 5.41) is 3.38. The number of piperidine rings is 1. The van der Waals surface area contributed by atoms with E-state index in [1.165, 1.54) is 12.8 Å². The molecule has 8 nitrogen and oxygen atoms in total. The second kappa shape index (κ2) is 13.3. The number of sulfonamides is 1. The van der Waals surface area contributed by atoms with Crippen LogP contribution in [0.1, 0.15) is 33.6 Å². The molecule has 0 aromatic rings. The van der Waals surface area contributed by atoms with Crippen LogP contribution in [0.2, 0.25) is 0 Å². The highest BCUT2D eigenvalue weighted by atomic mass is 127. The number of hydrogen-bond acceptors (Lipinski definition) is 5. The topological polar surface area (TPSA) is 77.5 Å². The Morgan fingerprint density at radius 3 is 2.31 bits per heavy atom. The lowest BCUT2D eigenvalue weighted by Gasteiger charge is -2.36. The van der Waals surface area contributed by atoms with Gasteiger partial charge in [-0.25, -0.2) is 8.42 Å². The highest BCUT2D eigenvalue weighted by Gasteiger charge is 2.28. The van der Waals surface area contributed by atoms with E-state index in [9.17, 15) is 8.42 Å². The van der Waals surface area contributed by atoms with Crippen molar-refractivity contribution >= 4 is 40.0 Å². The van der Waals surface area contributed by atoms with Gasteiger partial charge in [-0.05, 0) is 59.7 Å². The molecule has 0 bridgehead atoms. The third-order valence-electron chi connectivity index (χ3n) is 5.40. The minimum atomic E-state index is -3.26. The van der Waals surface area contributed by atoms with Crippen LogP contribution in [0.5, 0.6) is 0 Å². The number of hydrogen-bond donors (Lipinski definition) is 1. The minimum absolute atomic E-state index is 0. The van der Waals surface area contributed by atoms with E-state index in [4.69, 9.17) is 9.73 Å². The van der Waals surface area contributed by atoms with Crippen LogP contribution >= 0.6 is 24.0 Å². The number of piperazine rings is 1. The maximum absolute atomic E-state index is 12.5. The summed E-state index contributed by atoms with van der Waals surface area (Å²) in [5.74, 6) is 1.62. The fourth-order valence-electron chi connectivity index (χ4n) is 3.58. The van der Waals surface area contributed by atoms with Gasteiger partial charge in [0.1, 0.15) is 0 Å². The first-order chi connectivity index (χ1) is 13.3. The molecule has 2 fully saturated rings. The molecular formula is C19H40IN5O3S. The number of rotatable bonds is 8. The summed E-state index contributed by atoms with van der Waals surface area (Å²) in [5.41, 5.74) is 0. The van der Waals surface area contributed by atoms with Gasteiger partial charge in [0.25, 0.3) is 0 Å². The van der Waals surface area contributed by atoms with Crippen LogP contribution in [0.25, 0.3) is 0 Å². The summed E-state index contributed by atoms with van der Waals surface area (Å²) in [7, 11) is -1.09. The van der Waals surface area contributed by atoms with E-state index in [-0.39, 0.29) is 42.4 Å². The summed E-state index contributed by atoms with van der Waals surface area (Å²) >= 11 is 0. The van der Waals surface area contributed by atoms with Crippen molar-refractivity contribution in [3.05, 3.63) is 0 Å². The fourth-order valence-corrected chi connectivity index (χ4v) is 4.87. The van der Waals surface area contributed by atoms with Gasteiger partial charge in [-0.1, -0.05) is 0 Å². The Morgan fingerprint density at radius 2 is 1.76 bits per heavy atom. The van der Waals surface area contributed by atoms with Crippen molar-refractivity contribution in [2.24, 2.45) is 10.9 Å². The second-order valence-electron chi connectivity index (χ2n) is 8.06. The first kappa shape index (κ1) is 26.9. The molecule has 10 heteroatoms. The van der Waals surface area contributed by atoms with Crippen LogP contribution in [0.4, 0.5) is 0 Å². The van der Waals surface area contributed by atoms with Crippen molar-refractivity contribution in [3.63, 3.8) is 0 Å². The summed E-state index contributed by atoms with van der Waals surface area (Å²) < 4.78 is 32.0. The predicted molar refractivity (Wildman–Crippen MR) is 130 cm³/mol. The molecule has 0 aromatic heterocycles. The zero-order chi connectivity index (χ0) is 20.6. The molecule has 2 rings (SSSR count). The number of likely N-dealkylation sites (tertiary alicyclic amines) is 1.